The van der Waals surface area contributed by atoms with Crippen LogP contribution in [-0.4, -0.2) is 52.3 Å². The normalized spacial score (nSPS) is 29.9. The number of aliphatic hydroxyl groups excluding tert-OH is 1. The summed E-state index contributed by atoms with van der Waals surface area (Å²) in [5.41, 5.74) is 0.935. The Morgan fingerprint density at radius 3 is 2.96 bits per heavy atom. The minimum Gasteiger partial charge on any atom is -0.393 e. The molecule has 2 fully saturated rings. The molecule has 1 saturated carbocycles. The molecule has 1 aliphatic carbocycles. The molecule has 1 aromatic carbocycles. The lowest BCUT2D eigenvalue weighted by Gasteiger charge is -2.42. The van der Waals surface area contributed by atoms with E-state index in [4.69, 9.17) is 16.3 Å². The van der Waals surface area contributed by atoms with Gasteiger partial charge in [-0.1, -0.05) is 29.8 Å². The number of benzene rings is 1. The van der Waals surface area contributed by atoms with Crippen molar-refractivity contribution in [3.8, 4) is 0 Å². The zero-order valence-corrected chi connectivity index (χ0v) is 14.3. The van der Waals surface area contributed by atoms with Gasteiger partial charge in [0.25, 0.3) is 5.91 Å². The van der Waals surface area contributed by atoms with E-state index in [0.29, 0.717) is 23.7 Å². The Kier molecular flexibility index (Phi) is 3.82. The second-order valence-electron chi connectivity index (χ2n) is 6.82. The number of nitrogens with zero attached hydrogens (tertiary/aromatic N) is 1. The van der Waals surface area contributed by atoms with Gasteiger partial charge in [-0.25, -0.2) is 0 Å². The van der Waals surface area contributed by atoms with Gasteiger partial charge in [0.1, 0.15) is 5.69 Å². The van der Waals surface area contributed by atoms with E-state index in [9.17, 15) is 9.90 Å². The molecular formula is C18H21ClN2O3. The van der Waals surface area contributed by atoms with E-state index in [1.807, 2.05) is 29.2 Å². The standard InChI is InChI=1S/C18H21ClN2O3/c1-24-18-7-6-11(22)10-14(18)21(9-8-18)17(23)16-15(19)12-4-2-3-5-13(12)20-16/h2-5,11,14,20,22H,6-10H2,1H3/t11-,14+,18-/m1/s1. The van der Waals surface area contributed by atoms with Crippen molar-refractivity contribution in [3.05, 3.63) is 35.0 Å². The first-order valence-electron chi connectivity index (χ1n) is 8.36. The maximum atomic E-state index is 13.1. The van der Waals surface area contributed by atoms with Crippen molar-refractivity contribution in [1.29, 1.82) is 0 Å². The molecule has 0 spiro atoms. The summed E-state index contributed by atoms with van der Waals surface area (Å²) in [5.74, 6) is -0.116. The number of hydrogen-bond acceptors (Lipinski definition) is 3. The highest BCUT2D eigenvalue weighted by molar-refractivity contribution is 6.38. The first kappa shape index (κ1) is 15.9. The fourth-order valence-corrected chi connectivity index (χ4v) is 4.61. The number of methoxy groups -OCH3 is 1. The van der Waals surface area contributed by atoms with Crippen LogP contribution in [0, 0.1) is 0 Å². The zero-order valence-electron chi connectivity index (χ0n) is 13.6. The Hall–Kier alpha value is -1.56. The molecule has 0 unspecified atom stereocenters. The van der Waals surface area contributed by atoms with Gasteiger partial charge in [0.15, 0.2) is 0 Å². The summed E-state index contributed by atoms with van der Waals surface area (Å²) in [7, 11) is 1.70. The van der Waals surface area contributed by atoms with Gasteiger partial charge in [-0.3, -0.25) is 4.79 Å². The van der Waals surface area contributed by atoms with Crippen molar-refractivity contribution >= 4 is 28.4 Å². The van der Waals surface area contributed by atoms with Crippen molar-refractivity contribution in [2.45, 2.75) is 43.4 Å². The molecule has 24 heavy (non-hydrogen) atoms. The Balaban J connectivity index is 1.70. The lowest BCUT2D eigenvalue weighted by molar-refractivity contribution is -0.0824. The summed E-state index contributed by atoms with van der Waals surface area (Å²) in [6.07, 6.45) is 2.46. The van der Waals surface area contributed by atoms with Crippen molar-refractivity contribution in [2.24, 2.45) is 0 Å². The highest BCUT2D eigenvalue weighted by Crippen LogP contribution is 2.43. The van der Waals surface area contributed by atoms with Crippen LogP contribution < -0.4 is 0 Å². The van der Waals surface area contributed by atoms with Gasteiger partial charge in [0.05, 0.1) is 22.8 Å². The molecule has 0 radical (unpaired) electrons. The highest BCUT2D eigenvalue weighted by atomic mass is 35.5. The highest BCUT2D eigenvalue weighted by Gasteiger charge is 2.52. The second-order valence-corrected chi connectivity index (χ2v) is 7.20. The number of aliphatic hydroxyl groups is 1. The molecule has 4 rings (SSSR count). The van der Waals surface area contributed by atoms with E-state index >= 15 is 0 Å². The van der Waals surface area contributed by atoms with Crippen LogP contribution in [-0.2, 0) is 4.74 Å². The van der Waals surface area contributed by atoms with E-state index in [0.717, 1.165) is 30.2 Å². The van der Waals surface area contributed by atoms with E-state index in [1.165, 1.54) is 0 Å². The number of carbonyl (C=O) groups excluding carboxylic acids is 1. The van der Waals surface area contributed by atoms with Gasteiger partial charge in [0.2, 0.25) is 0 Å². The van der Waals surface area contributed by atoms with Gasteiger partial charge < -0.3 is 19.7 Å². The number of aromatic nitrogens is 1. The Morgan fingerprint density at radius 2 is 2.21 bits per heavy atom. The topological polar surface area (TPSA) is 65.6 Å². The number of rotatable bonds is 2. The summed E-state index contributed by atoms with van der Waals surface area (Å²) in [4.78, 5) is 18.1. The number of H-pyrrole nitrogens is 1. The zero-order chi connectivity index (χ0) is 16.9. The number of ether oxygens (including phenoxy) is 1. The number of likely N-dealkylation sites (tertiary alicyclic amines) is 1. The van der Waals surface area contributed by atoms with Crippen molar-refractivity contribution in [1.82, 2.24) is 9.88 Å². The fraction of sp³-hybridized carbons (Fsp3) is 0.500. The minimum atomic E-state index is -0.384. The quantitative estimate of drug-likeness (QED) is 0.877. The monoisotopic (exact) mass is 348 g/mol. The number of fused-ring (bicyclic) bond motifs is 2. The van der Waals surface area contributed by atoms with Crippen LogP contribution >= 0.6 is 11.6 Å². The van der Waals surface area contributed by atoms with Crippen LogP contribution in [0.25, 0.3) is 10.9 Å². The number of aromatic amines is 1. The SMILES string of the molecule is CO[C@@]12CC[C@@H](O)C[C@@H]1N(C(=O)c1[nH]c3ccccc3c1Cl)CC2. The first-order chi connectivity index (χ1) is 11.6. The van der Waals surface area contributed by atoms with Crippen LogP contribution in [0.3, 0.4) is 0 Å². The third kappa shape index (κ3) is 2.26. The number of halogens is 1. The van der Waals surface area contributed by atoms with Crippen LogP contribution in [0.4, 0.5) is 0 Å². The predicted molar refractivity (Wildman–Crippen MR) is 92.3 cm³/mol. The molecule has 6 heteroatoms. The second kappa shape index (κ2) is 5.76. The Morgan fingerprint density at radius 1 is 1.42 bits per heavy atom. The average Bonchev–Trinajstić information content (AvgIpc) is 3.13. The third-order valence-electron chi connectivity index (χ3n) is 5.68. The van der Waals surface area contributed by atoms with Crippen molar-refractivity contribution < 1.29 is 14.6 Å². The maximum Gasteiger partial charge on any atom is 0.272 e. The van der Waals surface area contributed by atoms with Crippen LogP contribution in [0.5, 0.6) is 0 Å². The van der Waals surface area contributed by atoms with E-state index in [1.54, 1.807) is 7.11 Å². The van der Waals surface area contributed by atoms with Gasteiger partial charge in [-0.05, 0) is 31.7 Å². The first-order valence-corrected chi connectivity index (χ1v) is 8.74. The number of carbonyl (C=O) groups is 1. The maximum absolute atomic E-state index is 13.1. The summed E-state index contributed by atoms with van der Waals surface area (Å²) in [6, 6.07) is 7.51. The molecule has 5 nitrogen and oxygen atoms in total. The average molecular weight is 349 g/mol. The molecule has 1 aliphatic heterocycles. The summed E-state index contributed by atoms with van der Waals surface area (Å²) in [5, 5.41) is 11.4. The molecule has 3 atom stereocenters. The smallest absolute Gasteiger partial charge is 0.272 e. The van der Waals surface area contributed by atoms with Gasteiger partial charge in [-0.15, -0.1) is 0 Å². The third-order valence-corrected chi connectivity index (χ3v) is 6.07. The molecule has 2 aromatic rings. The van der Waals surface area contributed by atoms with Gasteiger partial charge in [-0.2, -0.15) is 0 Å². The molecule has 1 aromatic heterocycles. The predicted octanol–water partition coefficient (Wildman–Crippen LogP) is 2.97. The number of nitrogens with one attached hydrogen (secondary N) is 1. The van der Waals surface area contributed by atoms with Crippen LogP contribution in [0.2, 0.25) is 5.02 Å². The number of amides is 1. The lowest BCUT2D eigenvalue weighted by atomic mass is 9.79. The number of hydrogen-bond donors (Lipinski definition) is 2. The molecule has 1 amide bonds. The Labute approximate surface area is 145 Å². The van der Waals surface area contributed by atoms with Gasteiger partial charge in [0, 0.05) is 24.6 Å². The lowest BCUT2D eigenvalue weighted by Crippen LogP contribution is -2.52. The fourth-order valence-electron chi connectivity index (χ4n) is 4.32. The summed E-state index contributed by atoms with van der Waals surface area (Å²) >= 11 is 6.44. The minimum absolute atomic E-state index is 0.110. The Bertz CT molecular complexity index is 790. The molecule has 2 aliphatic rings. The van der Waals surface area contributed by atoms with E-state index < -0.39 is 0 Å². The molecular weight excluding hydrogens is 328 g/mol. The summed E-state index contributed by atoms with van der Waals surface area (Å²) < 4.78 is 5.81. The van der Waals surface area contributed by atoms with Crippen LogP contribution in [0.1, 0.15) is 36.2 Å². The van der Waals surface area contributed by atoms with Crippen molar-refractivity contribution in [3.63, 3.8) is 0 Å². The van der Waals surface area contributed by atoms with Crippen molar-refractivity contribution in [2.75, 3.05) is 13.7 Å². The molecule has 2 N–H and O–H groups in total. The van der Waals surface area contributed by atoms with E-state index in [2.05, 4.69) is 4.98 Å². The molecule has 2 heterocycles. The molecule has 0 bridgehead atoms. The van der Waals surface area contributed by atoms with Crippen LogP contribution in [0.15, 0.2) is 24.3 Å². The van der Waals surface area contributed by atoms with Gasteiger partial charge >= 0.3 is 0 Å². The molecule has 128 valence electrons. The molecule has 1 saturated heterocycles. The largest absolute Gasteiger partial charge is 0.393 e. The van der Waals surface area contributed by atoms with E-state index in [-0.39, 0.29) is 23.7 Å². The number of para-hydroxylation sites is 1. The summed E-state index contributed by atoms with van der Waals surface area (Å²) in [6.45, 7) is 0.621.